The molecule has 2 aromatic rings. The minimum absolute atomic E-state index is 0.124. The molecule has 1 aliphatic rings. The molecule has 0 bridgehead atoms. The van der Waals surface area contributed by atoms with Gasteiger partial charge in [-0.3, -0.25) is 0 Å². The second kappa shape index (κ2) is 6.17. The normalized spacial score (nSPS) is 15.6. The third-order valence-electron chi connectivity index (χ3n) is 3.96. The molecule has 1 aromatic heterocycles. The highest BCUT2D eigenvalue weighted by molar-refractivity contribution is 5.66. The molecular weight excluding hydrogens is 281 g/mol. The van der Waals surface area contributed by atoms with E-state index < -0.39 is 5.82 Å². The number of aromatic nitrogens is 2. The summed E-state index contributed by atoms with van der Waals surface area (Å²) in [6.07, 6.45) is 4.78. The van der Waals surface area contributed by atoms with E-state index in [4.69, 9.17) is 11.5 Å². The van der Waals surface area contributed by atoms with Crippen LogP contribution in [0.3, 0.4) is 0 Å². The highest BCUT2D eigenvalue weighted by Gasteiger charge is 2.14. The van der Waals surface area contributed by atoms with Crippen molar-refractivity contribution in [3.8, 4) is 11.3 Å². The molecule has 1 saturated heterocycles. The summed E-state index contributed by atoms with van der Waals surface area (Å²) in [6, 6.07) is 6.52. The van der Waals surface area contributed by atoms with Crippen molar-refractivity contribution in [3.05, 3.63) is 30.1 Å². The van der Waals surface area contributed by atoms with Crippen molar-refractivity contribution in [1.82, 2.24) is 9.97 Å². The van der Waals surface area contributed by atoms with Gasteiger partial charge in [0.1, 0.15) is 11.6 Å². The Morgan fingerprint density at radius 1 is 0.955 bits per heavy atom. The predicted octanol–water partition coefficient (Wildman–Crippen LogP) is 2.83. The maximum Gasteiger partial charge on any atom is 0.222 e. The maximum atomic E-state index is 13.7. The summed E-state index contributed by atoms with van der Waals surface area (Å²) in [6.45, 7) is 1.93. The summed E-state index contributed by atoms with van der Waals surface area (Å²) < 4.78 is 13.7. The summed E-state index contributed by atoms with van der Waals surface area (Å²) in [5.41, 5.74) is 12.8. The van der Waals surface area contributed by atoms with Crippen LogP contribution in [-0.4, -0.2) is 23.1 Å². The fraction of sp³-hybridized carbons (Fsp3) is 0.375. The maximum absolute atomic E-state index is 13.7. The Balaban J connectivity index is 1.96. The topological polar surface area (TPSA) is 81.1 Å². The summed E-state index contributed by atoms with van der Waals surface area (Å²) in [7, 11) is 0. The molecule has 0 saturated carbocycles. The van der Waals surface area contributed by atoms with Crippen molar-refractivity contribution in [1.29, 1.82) is 0 Å². The zero-order chi connectivity index (χ0) is 15.5. The van der Waals surface area contributed by atoms with Crippen LogP contribution in [0.1, 0.15) is 25.7 Å². The van der Waals surface area contributed by atoms with Crippen molar-refractivity contribution in [3.63, 3.8) is 0 Å². The van der Waals surface area contributed by atoms with Crippen LogP contribution in [-0.2, 0) is 0 Å². The molecule has 0 radical (unpaired) electrons. The summed E-state index contributed by atoms with van der Waals surface area (Å²) in [5, 5.41) is 0. The minimum atomic E-state index is -0.453. The Hall–Kier alpha value is -2.37. The van der Waals surface area contributed by atoms with Gasteiger partial charge in [-0.15, -0.1) is 0 Å². The lowest BCUT2D eigenvalue weighted by Gasteiger charge is -2.22. The van der Waals surface area contributed by atoms with E-state index in [-0.39, 0.29) is 11.6 Å². The molecule has 0 spiro atoms. The van der Waals surface area contributed by atoms with Gasteiger partial charge in [-0.2, -0.15) is 4.98 Å². The number of nitrogens with two attached hydrogens (primary N) is 2. The Morgan fingerprint density at radius 2 is 1.68 bits per heavy atom. The van der Waals surface area contributed by atoms with Crippen molar-refractivity contribution in [2.75, 3.05) is 29.5 Å². The lowest BCUT2D eigenvalue weighted by Crippen LogP contribution is -2.25. The third kappa shape index (κ3) is 3.10. The average Bonchev–Trinajstić information content (AvgIpc) is 2.78. The number of anilines is 3. The van der Waals surface area contributed by atoms with Crippen LogP contribution in [0.4, 0.5) is 21.8 Å². The highest BCUT2D eigenvalue weighted by Crippen LogP contribution is 2.26. The van der Waals surface area contributed by atoms with E-state index >= 15 is 0 Å². The monoisotopic (exact) mass is 301 g/mol. The van der Waals surface area contributed by atoms with Gasteiger partial charge in [-0.05, 0) is 25.0 Å². The van der Waals surface area contributed by atoms with E-state index in [0.29, 0.717) is 11.3 Å². The zero-order valence-corrected chi connectivity index (χ0v) is 12.4. The van der Waals surface area contributed by atoms with Crippen LogP contribution >= 0.6 is 0 Å². The van der Waals surface area contributed by atoms with Crippen molar-refractivity contribution < 1.29 is 4.39 Å². The Morgan fingerprint density at radius 3 is 2.36 bits per heavy atom. The van der Waals surface area contributed by atoms with Gasteiger partial charge >= 0.3 is 0 Å². The Labute approximate surface area is 129 Å². The quantitative estimate of drug-likeness (QED) is 0.834. The molecule has 0 atom stereocenters. The fourth-order valence-corrected chi connectivity index (χ4v) is 2.75. The first-order valence-electron chi connectivity index (χ1n) is 7.58. The molecule has 0 unspecified atom stereocenters. The van der Waals surface area contributed by atoms with E-state index in [1.54, 1.807) is 6.07 Å². The number of benzene rings is 1. The molecule has 0 amide bonds. The number of nitrogens with zero attached hydrogens (tertiary/aromatic N) is 3. The average molecular weight is 301 g/mol. The van der Waals surface area contributed by atoms with Crippen LogP contribution in [0.2, 0.25) is 0 Å². The molecule has 4 N–H and O–H groups in total. The van der Waals surface area contributed by atoms with Gasteiger partial charge in [0.2, 0.25) is 5.95 Å². The van der Waals surface area contributed by atoms with Crippen molar-refractivity contribution in [2.45, 2.75) is 25.7 Å². The van der Waals surface area contributed by atoms with Crippen LogP contribution in [0.25, 0.3) is 11.3 Å². The minimum Gasteiger partial charge on any atom is -0.396 e. The van der Waals surface area contributed by atoms with Gasteiger partial charge in [0, 0.05) is 24.7 Å². The van der Waals surface area contributed by atoms with Gasteiger partial charge in [0.25, 0.3) is 0 Å². The van der Waals surface area contributed by atoms with E-state index in [2.05, 4.69) is 14.9 Å². The Kier molecular flexibility index (Phi) is 4.09. The highest BCUT2D eigenvalue weighted by atomic mass is 19.1. The lowest BCUT2D eigenvalue weighted by atomic mass is 10.1. The summed E-state index contributed by atoms with van der Waals surface area (Å²) >= 11 is 0. The predicted molar refractivity (Wildman–Crippen MR) is 86.9 cm³/mol. The molecule has 5 nitrogen and oxygen atoms in total. The molecular formula is C16H20FN5. The molecule has 2 heterocycles. The van der Waals surface area contributed by atoms with Crippen LogP contribution in [0.15, 0.2) is 24.3 Å². The molecule has 1 aliphatic heterocycles. The van der Waals surface area contributed by atoms with Crippen LogP contribution < -0.4 is 16.4 Å². The molecule has 3 rings (SSSR count). The SMILES string of the molecule is Nc1nc(-c2ccc(N)c(F)c2)cc(N2CCCCCC2)n1. The second-order valence-corrected chi connectivity index (χ2v) is 5.61. The lowest BCUT2D eigenvalue weighted by molar-refractivity contribution is 0.633. The zero-order valence-electron chi connectivity index (χ0n) is 12.4. The molecule has 1 fully saturated rings. The van der Waals surface area contributed by atoms with E-state index in [0.717, 1.165) is 31.7 Å². The van der Waals surface area contributed by atoms with E-state index in [1.807, 2.05) is 6.07 Å². The summed E-state index contributed by atoms with van der Waals surface area (Å²) in [5.74, 6) is 0.557. The standard InChI is InChI=1S/C16H20FN5/c17-12-9-11(5-6-13(12)18)14-10-15(21-16(19)20-14)22-7-3-1-2-4-8-22/h5-6,9-10H,1-4,7-8,18H2,(H2,19,20,21). The van der Waals surface area contributed by atoms with Gasteiger partial charge in [-0.1, -0.05) is 18.9 Å². The van der Waals surface area contributed by atoms with E-state index in [9.17, 15) is 4.39 Å². The number of halogens is 1. The second-order valence-electron chi connectivity index (χ2n) is 5.61. The first-order chi connectivity index (χ1) is 10.6. The third-order valence-corrected chi connectivity index (χ3v) is 3.96. The van der Waals surface area contributed by atoms with Gasteiger partial charge in [0.15, 0.2) is 0 Å². The van der Waals surface area contributed by atoms with Crippen molar-refractivity contribution >= 4 is 17.5 Å². The number of hydrogen-bond donors (Lipinski definition) is 2. The molecule has 0 aliphatic carbocycles. The molecule has 116 valence electrons. The van der Waals surface area contributed by atoms with Crippen LogP contribution in [0, 0.1) is 5.82 Å². The number of nitrogen functional groups attached to an aromatic ring is 2. The first-order valence-corrected chi connectivity index (χ1v) is 7.58. The number of rotatable bonds is 2. The molecule has 22 heavy (non-hydrogen) atoms. The van der Waals surface area contributed by atoms with Gasteiger partial charge < -0.3 is 16.4 Å². The van der Waals surface area contributed by atoms with Gasteiger partial charge in [-0.25, -0.2) is 9.37 Å². The van der Waals surface area contributed by atoms with Crippen molar-refractivity contribution in [2.24, 2.45) is 0 Å². The fourth-order valence-electron chi connectivity index (χ4n) is 2.75. The van der Waals surface area contributed by atoms with Gasteiger partial charge in [0.05, 0.1) is 11.4 Å². The van der Waals surface area contributed by atoms with Crippen LogP contribution in [0.5, 0.6) is 0 Å². The smallest absolute Gasteiger partial charge is 0.222 e. The first kappa shape index (κ1) is 14.6. The van der Waals surface area contributed by atoms with E-state index in [1.165, 1.54) is 25.0 Å². The molecule has 6 heteroatoms. The molecule has 1 aromatic carbocycles. The summed E-state index contributed by atoms with van der Waals surface area (Å²) in [4.78, 5) is 10.8. The number of hydrogen-bond acceptors (Lipinski definition) is 5. The largest absolute Gasteiger partial charge is 0.396 e. The Bertz CT molecular complexity index is 666.